The van der Waals surface area contributed by atoms with Gasteiger partial charge in [0, 0.05) is 24.7 Å². The van der Waals surface area contributed by atoms with E-state index in [0.29, 0.717) is 46.6 Å². The first kappa shape index (κ1) is 21.1. The summed E-state index contributed by atoms with van der Waals surface area (Å²) in [5, 5.41) is 4.53. The number of hydrogen-bond donors (Lipinski definition) is 1. The molecular weight excluding hydrogens is 398 g/mol. The van der Waals surface area contributed by atoms with Crippen molar-refractivity contribution in [3.05, 3.63) is 33.6 Å². The van der Waals surface area contributed by atoms with Crippen molar-refractivity contribution in [3.8, 4) is 0 Å². The minimum Gasteiger partial charge on any atom is -0.379 e. The van der Waals surface area contributed by atoms with Gasteiger partial charge in [0.2, 0.25) is 5.91 Å². The fourth-order valence-electron chi connectivity index (χ4n) is 2.78. The minimum absolute atomic E-state index is 0.0352. The van der Waals surface area contributed by atoms with E-state index in [9.17, 15) is 9.59 Å². The lowest BCUT2D eigenvalue weighted by Gasteiger charge is -2.14. The number of carbonyl (C=O) groups excluding carboxylic acids is 1. The van der Waals surface area contributed by atoms with Crippen LogP contribution in [0.2, 0.25) is 5.02 Å². The van der Waals surface area contributed by atoms with E-state index in [1.807, 2.05) is 13.8 Å². The van der Waals surface area contributed by atoms with Crippen molar-refractivity contribution in [1.82, 2.24) is 14.9 Å². The lowest BCUT2D eigenvalue weighted by molar-refractivity contribution is -0.118. The van der Waals surface area contributed by atoms with E-state index in [2.05, 4.69) is 10.3 Å². The van der Waals surface area contributed by atoms with E-state index in [4.69, 9.17) is 16.3 Å². The van der Waals surface area contributed by atoms with Gasteiger partial charge in [0.1, 0.15) is 0 Å². The third kappa shape index (κ3) is 5.96. The van der Waals surface area contributed by atoms with E-state index < -0.39 is 0 Å². The molecule has 152 valence electrons. The highest BCUT2D eigenvalue weighted by atomic mass is 35.5. The first-order valence-electron chi connectivity index (χ1n) is 9.65. The molecule has 1 aromatic carbocycles. The van der Waals surface area contributed by atoms with E-state index in [1.165, 1.54) is 24.6 Å². The zero-order chi connectivity index (χ0) is 20.1. The van der Waals surface area contributed by atoms with E-state index >= 15 is 0 Å². The van der Waals surface area contributed by atoms with Gasteiger partial charge < -0.3 is 10.1 Å². The molecule has 8 heteroatoms. The van der Waals surface area contributed by atoms with Gasteiger partial charge in [-0.3, -0.25) is 14.2 Å². The number of nitrogens with zero attached hydrogens (tertiary/aromatic N) is 2. The van der Waals surface area contributed by atoms with E-state index in [-0.39, 0.29) is 23.3 Å². The molecule has 1 saturated carbocycles. The van der Waals surface area contributed by atoms with Gasteiger partial charge in [0.05, 0.1) is 22.8 Å². The first-order valence-corrected chi connectivity index (χ1v) is 11.0. The Morgan fingerprint density at radius 2 is 2.21 bits per heavy atom. The maximum atomic E-state index is 13.0. The van der Waals surface area contributed by atoms with Crippen LogP contribution in [0.25, 0.3) is 10.9 Å². The van der Waals surface area contributed by atoms with Gasteiger partial charge in [-0.1, -0.05) is 23.4 Å². The van der Waals surface area contributed by atoms with Crippen molar-refractivity contribution in [2.24, 2.45) is 5.92 Å². The van der Waals surface area contributed by atoms with Crippen molar-refractivity contribution >= 4 is 40.2 Å². The Labute approximate surface area is 174 Å². The highest BCUT2D eigenvalue weighted by Gasteiger charge is 2.21. The smallest absolute Gasteiger partial charge is 0.262 e. The van der Waals surface area contributed by atoms with Gasteiger partial charge >= 0.3 is 0 Å². The van der Waals surface area contributed by atoms with Crippen LogP contribution in [0.1, 0.15) is 33.1 Å². The minimum atomic E-state index is -0.118. The van der Waals surface area contributed by atoms with Gasteiger partial charge in [0.15, 0.2) is 5.16 Å². The normalized spacial score (nSPS) is 14.0. The molecule has 0 radical (unpaired) electrons. The SMILES string of the molecule is CC(C)OCCCn1c(SCC(=O)NCC2CC2)nc2cc(Cl)ccc2c1=O. The molecule has 0 spiro atoms. The van der Waals surface area contributed by atoms with Crippen molar-refractivity contribution < 1.29 is 9.53 Å². The Morgan fingerprint density at radius 3 is 2.93 bits per heavy atom. The highest BCUT2D eigenvalue weighted by molar-refractivity contribution is 7.99. The molecule has 28 heavy (non-hydrogen) atoms. The lowest BCUT2D eigenvalue weighted by atomic mass is 10.2. The fraction of sp³-hybridized carbons (Fsp3) is 0.550. The molecule has 0 bridgehead atoms. The Morgan fingerprint density at radius 1 is 1.43 bits per heavy atom. The summed E-state index contributed by atoms with van der Waals surface area (Å²) in [6.07, 6.45) is 3.23. The first-order chi connectivity index (χ1) is 13.4. The van der Waals surface area contributed by atoms with Gasteiger partial charge in [-0.15, -0.1) is 0 Å². The monoisotopic (exact) mass is 423 g/mol. The number of ether oxygens (including phenoxy) is 1. The fourth-order valence-corrected chi connectivity index (χ4v) is 3.81. The second kappa shape index (κ2) is 9.76. The average molecular weight is 424 g/mol. The molecule has 3 rings (SSSR count). The summed E-state index contributed by atoms with van der Waals surface area (Å²) in [5.41, 5.74) is 0.431. The van der Waals surface area contributed by atoms with Crippen LogP contribution in [0.3, 0.4) is 0 Å². The highest BCUT2D eigenvalue weighted by Crippen LogP contribution is 2.27. The summed E-state index contributed by atoms with van der Waals surface area (Å²) in [5.74, 6) is 0.828. The molecule has 0 aliphatic heterocycles. The van der Waals surface area contributed by atoms with Crippen molar-refractivity contribution in [1.29, 1.82) is 0 Å². The molecule has 1 heterocycles. The number of amides is 1. The Balaban J connectivity index is 1.76. The Kier molecular flexibility index (Phi) is 7.37. The molecule has 0 unspecified atom stereocenters. The summed E-state index contributed by atoms with van der Waals surface area (Å²) < 4.78 is 7.22. The van der Waals surface area contributed by atoms with Crippen molar-refractivity contribution in [3.63, 3.8) is 0 Å². The zero-order valence-corrected chi connectivity index (χ0v) is 17.8. The van der Waals surface area contributed by atoms with Crippen LogP contribution in [-0.2, 0) is 16.1 Å². The summed E-state index contributed by atoms with van der Waals surface area (Å²) in [4.78, 5) is 29.7. The topological polar surface area (TPSA) is 73.2 Å². The standard InChI is InChI=1S/C20H26ClN3O3S/c1-13(2)27-9-3-8-24-19(26)16-7-6-15(21)10-17(16)23-20(24)28-12-18(25)22-11-14-4-5-14/h6-7,10,13-14H,3-5,8-9,11-12H2,1-2H3,(H,22,25). The second-order valence-electron chi connectivity index (χ2n) is 7.32. The third-order valence-corrected chi connectivity index (χ3v) is 5.69. The summed E-state index contributed by atoms with van der Waals surface area (Å²) >= 11 is 7.35. The maximum Gasteiger partial charge on any atom is 0.262 e. The van der Waals surface area contributed by atoms with Gasteiger partial charge in [-0.25, -0.2) is 4.98 Å². The number of halogens is 1. The molecule has 0 atom stereocenters. The molecule has 0 saturated heterocycles. The van der Waals surface area contributed by atoms with Crippen LogP contribution in [0.15, 0.2) is 28.2 Å². The molecule has 1 aliphatic carbocycles. The summed E-state index contributed by atoms with van der Waals surface area (Å²) in [7, 11) is 0. The Hall–Kier alpha value is -1.57. The molecule has 6 nitrogen and oxygen atoms in total. The summed E-state index contributed by atoms with van der Waals surface area (Å²) in [6.45, 7) is 5.75. The molecule has 1 amide bonds. The molecule has 1 N–H and O–H groups in total. The maximum absolute atomic E-state index is 13.0. The number of benzene rings is 1. The van der Waals surface area contributed by atoms with Gasteiger partial charge in [0.25, 0.3) is 5.56 Å². The van der Waals surface area contributed by atoms with E-state index in [0.717, 1.165) is 6.54 Å². The molecule has 1 aromatic heterocycles. The predicted molar refractivity (Wildman–Crippen MR) is 113 cm³/mol. The van der Waals surface area contributed by atoms with Crippen LogP contribution in [0.5, 0.6) is 0 Å². The number of nitrogens with one attached hydrogen (secondary N) is 1. The van der Waals surface area contributed by atoms with Crippen LogP contribution >= 0.6 is 23.4 Å². The lowest BCUT2D eigenvalue weighted by Crippen LogP contribution is -2.28. The molecule has 1 aliphatic rings. The van der Waals surface area contributed by atoms with Crippen LogP contribution in [0.4, 0.5) is 0 Å². The molecule has 1 fully saturated rings. The van der Waals surface area contributed by atoms with Crippen LogP contribution in [-0.4, -0.2) is 40.5 Å². The molecule has 2 aromatic rings. The van der Waals surface area contributed by atoms with Gasteiger partial charge in [-0.2, -0.15) is 0 Å². The largest absolute Gasteiger partial charge is 0.379 e. The van der Waals surface area contributed by atoms with Crippen LogP contribution < -0.4 is 10.9 Å². The second-order valence-corrected chi connectivity index (χ2v) is 8.70. The third-order valence-electron chi connectivity index (χ3n) is 4.48. The number of fused-ring (bicyclic) bond motifs is 1. The number of carbonyl (C=O) groups is 1. The number of aromatic nitrogens is 2. The van der Waals surface area contributed by atoms with E-state index in [1.54, 1.807) is 22.8 Å². The molecular formula is C20H26ClN3O3S. The van der Waals surface area contributed by atoms with Crippen molar-refractivity contribution in [2.75, 3.05) is 18.9 Å². The Bertz CT molecular complexity index is 896. The number of thioether (sulfide) groups is 1. The van der Waals surface area contributed by atoms with Crippen LogP contribution in [0, 0.1) is 5.92 Å². The predicted octanol–water partition coefficient (Wildman–Crippen LogP) is 3.48. The van der Waals surface area contributed by atoms with Gasteiger partial charge in [-0.05, 0) is 57.2 Å². The summed E-state index contributed by atoms with van der Waals surface area (Å²) in [6, 6.07) is 5.07. The quantitative estimate of drug-likeness (QED) is 0.360. The number of rotatable bonds is 10. The average Bonchev–Trinajstić information content (AvgIpc) is 3.47. The number of hydrogen-bond acceptors (Lipinski definition) is 5. The zero-order valence-electron chi connectivity index (χ0n) is 16.2. The van der Waals surface area contributed by atoms with Crippen molar-refractivity contribution in [2.45, 2.75) is 50.9 Å².